The highest BCUT2D eigenvalue weighted by Crippen LogP contribution is 2.25. The number of likely N-dealkylation sites (tertiary alicyclic amines) is 1. The summed E-state index contributed by atoms with van der Waals surface area (Å²) in [6.45, 7) is 2.38. The first-order valence-corrected chi connectivity index (χ1v) is 7.72. The van der Waals surface area contributed by atoms with Crippen LogP contribution in [0.15, 0.2) is 24.3 Å². The second-order valence-corrected chi connectivity index (χ2v) is 6.33. The van der Waals surface area contributed by atoms with E-state index in [1.54, 1.807) is 17.0 Å². The summed E-state index contributed by atoms with van der Waals surface area (Å²) in [6.07, 6.45) is 1.52. The molecule has 1 aliphatic heterocycles. The zero-order valence-corrected chi connectivity index (χ0v) is 13.1. The van der Waals surface area contributed by atoms with Crippen LogP contribution in [0.2, 0.25) is 5.02 Å². The molecule has 2 amide bonds. The summed E-state index contributed by atoms with van der Waals surface area (Å²) in [4.78, 5) is 29.0. The van der Waals surface area contributed by atoms with Crippen molar-refractivity contribution >= 4 is 34.3 Å². The van der Waals surface area contributed by atoms with Gasteiger partial charge in [0.2, 0.25) is 5.91 Å². The number of nitrogens with zero attached hydrogens (tertiary/aromatic N) is 1. The fraction of sp³-hybridized carbons (Fsp3) is 0.375. The quantitative estimate of drug-likeness (QED) is 0.892. The molecule has 0 saturated carbocycles. The third-order valence-electron chi connectivity index (χ3n) is 4.36. The van der Waals surface area contributed by atoms with E-state index in [-0.39, 0.29) is 23.8 Å². The smallest absolute Gasteiger partial charge is 0.270 e. The van der Waals surface area contributed by atoms with Crippen molar-refractivity contribution < 1.29 is 9.59 Å². The number of nitrogens with one attached hydrogen (secondary N) is 1. The van der Waals surface area contributed by atoms with E-state index in [1.165, 1.54) is 0 Å². The summed E-state index contributed by atoms with van der Waals surface area (Å²) in [5, 5.41) is 1.53. The van der Waals surface area contributed by atoms with Gasteiger partial charge in [0.1, 0.15) is 5.69 Å². The average molecular weight is 320 g/mol. The van der Waals surface area contributed by atoms with Crippen LogP contribution in [-0.2, 0) is 4.79 Å². The molecule has 1 aromatic carbocycles. The summed E-state index contributed by atoms with van der Waals surface area (Å²) in [5.74, 6) is -0.710. The number of carbonyl (C=O) groups excluding carboxylic acids is 2. The summed E-state index contributed by atoms with van der Waals surface area (Å²) in [5.41, 5.74) is 6.77. The molecule has 1 fully saturated rings. The Morgan fingerprint density at radius 1 is 1.32 bits per heavy atom. The molecule has 0 bridgehead atoms. The number of aromatic amines is 1. The number of primary amides is 1. The molecule has 5 nitrogen and oxygen atoms in total. The Morgan fingerprint density at radius 3 is 2.82 bits per heavy atom. The lowest BCUT2D eigenvalue weighted by Crippen LogP contribution is -2.48. The number of carbonyl (C=O) groups is 2. The van der Waals surface area contributed by atoms with Crippen molar-refractivity contribution in [2.24, 2.45) is 11.7 Å². The van der Waals surface area contributed by atoms with E-state index >= 15 is 0 Å². The van der Waals surface area contributed by atoms with Gasteiger partial charge in [-0.1, -0.05) is 11.6 Å². The number of benzene rings is 1. The highest BCUT2D eigenvalue weighted by molar-refractivity contribution is 6.31. The maximum absolute atomic E-state index is 12.7. The standard InChI is InChI=1S/C16H18ClN3O2/c1-9-2-3-10(15(18)21)8-20(9)16(22)14-7-11-6-12(17)4-5-13(11)19-14/h4-7,9-10,19H,2-3,8H2,1H3,(H2,18,21). The van der Waals surface area contributed by atoms with Crippen molar-refractivity contribution in [3.63, 3.8) is 0 Å². The first-order valence-electron chi connectivity index (χ1n) is 7.34. The van der Waals surface area contributed by atoms with E-state index in [2.05, 4.69) is 4.98 Å². The molecule has 2 heterocycles. The molecule has 0 spiro atoms. The molecule has 2 unspecified atom stereocenters. The highest BCUT2D eigenvalue weighted by atomic mass is 35.5. The minimum absolute atomic E-state index is 0.0955. The van der Waals surface area contributed by atoms with E-state index in [0.29, 0.717) is 17.3 Å². The maximum atomic E-state index is 12.7. The van der Waals surface area contributed by atoms with Gasteiger partial charge >= 0.3 is 0 Å². The van der Waals surface area contributed by atoms with Gasteiger partial charge in [0.15, 0.2) is 0 Å². The normalized spacial score (nSPS) is 22.0. The van der Waals surface area contributed by atoms with Crippen molar-refractivity contribution in [3.05, 3.63) is 35.0 Å². The van der Waals surface area contributed by atoms with Crippen molar-refractivity contribution in [3.8, 4) is 0 Å². The topological polar surface area (TPSA) is 79.2 Å². The van der Waals surface area contributed by atoms with Crippen molar-refractivity contribution in [1.82, 2.24) is 9.88 Å². The second-order valence-electron chi connectivity index (χ2n) is 5.90. The van der Waals surface area contributed by atoms with E-state index in [0.717, 1.165) is 23.7 Å². The minimum atomic E-state index is -0.340. The molecule has 2 aromatic rings. The van der Waals surface area contributed by atoms with Crippen LogP contribution < -0.4 is 5.73 Å². The summed E-state index contributed by atoms with van der Waals surface area (Å²) in [6, 6.07) is 7.33. The summed E-state index contributed by atoms with van der Waals surface area (Å²) < 4.78 is 0. The average Bonchev–Trinajstić information content (AvgIpc) is 2.89. The lowest BCUT2D eigenvalue weighted by atomic mass is 9.92. The molecular formula is C16H18ClN3O2. The number of amides is 2. The van der Waals surface area contributed by atoms with Crippen LogP contribution in [0.4, 0.5) is 0 Å². The number of aromatic nitrogens is 1. The van der Waals surface area contributed by atoms with Gasteiger partial charge in [-0.05, 0) is 44.0 Å². The van der Waals surface area contributed by atoms with Gasteiger partial charge in [-0.2, -0.15) is 0 Å². The first kappa shape index (κ1) is 14.9. The van der Waals surface area contributed by atoms with E-state index in [4.69, 9.17) is 17.3 Å². The van der Waals surface area contributed by atoms with Crippen molar-refractivity contribution in [2.75, 3.05) is 6.54 Å². The zero-order chi connectivity index (χ0) is 15.9. The second kappa shape index (κ2) is 5.65. The molecule has 22 heavy (non-hydrogen) atoms. The van der Waals surface area contributed by atoms with Gasteiger partial charge in [-0.15, -0.1) is 0 Å². The molecule has 1 aromatic heterocycles. The van der Waals surface area contributed by atoms with Crippen LogP contribution >= 0.6 is 11.6 Å². The van der Waals surface area contributed by atoms with Crippen molar-refractivity contribution in [1.29, 1.82) is 0 Å². The SMILES string of the molecule is CC1CCC(C(N)=O)CN1C(=O)c1cc2cc(Cl)ccc2[nH]1. The number of H-pyrrole nitrogens is 1. The van der Waals surface area contributed by atoms with Crippen molar-refractivity contribution in [2.45, 2.75) is 25.8 Å². The van der Waals surface area contributed by atoms with Crippen LogP contribution in [-0.4, -0.2) is 34.3 Å². The number of piperidine rings is 1. The molecule has 2 atom stereocenters. The number of hydrogen-bond acceptors (Lipinski definition) is 2. The molecule has 3 N–H and O–H groups in total. The fourth-order valence-corrected chi connectivity index (χ4v) is 3.18. The highest BCUT2D eigenvalue weighted by Gasteiger charge is 2.32. The first-order chi connectivity index (χ1) is 10.5. The Bertz CT molecular complexity index is 740. The number of fused-ring (bicyclic) bond motifs is 1. The number of rotatable bonds is 2. The molecule has 116 valence electrons. The minimum Gasteiger partial charge on any atom is -0.369 e. The Hall–Kier alpha value is -2.01. The lowest BCUT2D eigenvalue weighted by molar-refractivity contribution is -0.123. The van der Waals surface area contributed by atoms with Gasteiger partial charge in [0.05, 0.1) is 5.92 Å². The predicted octanol–water partition coefficient (Wildman–Crippen LogP) is 2.55. The van der Waals surface area contributed by atoms with Gasteiger partial charge < -0.3 is 15.6 Å². The van der Waals surface area contributed by atoms with Gasteiger partial charge in [-0.3, -0.25) is 9.59 Å². The van der Waals surface area contributed by atoms with Crippen LogP contribution in [0.25, 0.3) is 10.9 Å². The van der Waals surface area contributed by atoms with E-state index in [9.17, 15) is 9.59 Å². The van der Waals surface area contributed by atoms with E-state index in [1.807, 2.05) is 19.1 Å². The Kier molecular flexibility index (Phi) is 3.83. The molecule has 0 aliphatic carbocycles. The van der Waals surface area contributed by atoms with Crippen LogP contribution in [0.3, 0.4) is 0 Å². The Labute approximate surface area is 133 Å². The van der Waals surface area contributed by atoms with Gasteiger partial charge in [0.25, 0.3) is 5.91 Å². The molecular weight excluding hydrogens is 302 g/mol. The molecule has 1 aliphatic rings. The maximum Gasteiger partial charge on any atom is 0.270 e. The fourth-order valence-electron chi connectivity index (χ4n) is 3.00. The number of hydrogen-bond donors (Lipinski definition) is 2. The Morgan fingerprint density at radius 2 is 2.09 bits per heavy atom. The van der Waals surface area contributed by atoms with Crippen LogP contribution in [0.5, 0.6) is 0 Å². The molecule has 0 radical (unpaired) electrons. The number of nitrogens with two attached hydrogens (primary N) is 1. The molecule has 6 heteroatoms. The monoisotopic (exact) mass is 319 g/mol. The van der Waals surface area contributed by atoms with E-state index < -0.39 is 0 Å². The lowest BCUT2D eigenvalue weighted by Gasteiger charge is -2.36. The zero-order valence-electron chi connectivity index (χ0n) is 12.3. The molecule has 1 saturated heterocycles. The van der Waals surface area contributed by atoms with Gasteiger partial charge in [0, 0.05) is 28.5 Å². The van der Waals surface area contributed by atoms with Crippen LogP contribution in [0, 0.1) is 5.92 Å². The summed E-state index contributed by atoms with van der Waals surface area (Å²) in [7, 11) is 0. The largest absolute Gasteiger partial charge is 0.369 e. The van der Waals surface area contributed by atoms with Gasteiger partial charge in [-0.25, -0.2) is 0 Å². The summed E-state index contributed by atoms with van der Waals surface area (Å²) >= 11 is 5.97. The Balaban J connectivity index is 1.88. The third-order valence-corrected chi connectivity index (χ3v) is 4.59. The molecule has 3 rings (SSSR count). The van der Waals surface area contributed by atoms with Crippen LogP contribution in [0.1, 0.15) is 30.3 Å². The third kappa shape index (κ3) is 2.68. The number of halogens is 1. The predicted molar refractivity (Wildman–Crippen MR) is 85.7 cm³/mol.